The number of nitrogens with two attached hydrogens (primary N) is 1. The third kappa shape index (κ3) is 3.15. The van der Waals surface area contributed by atoms with Gasteiger partial charge in [0.1, 0.15) is 5.75 Å². The highest BCUT2D eigenvalue weighted by molar-refractivity contribution is 5.72. The molecule has 0 heterocycles. The number of anilines is 1. The van der Waals surface area contributed by atoms with Gasteiger partial charge in [-0.15, -0.1) is 0 Å². The van der Waals surface area contributed by atoms with Gasteiger partial charge in [0.25, 0.3) is 0 Å². The van der Waals surface area contributed by atoms with E-state index in [1.807, 2.05) is 6.92 Å². The Morgan fingerprint density at radius 2 is 2.31 bits per heavy atom. The number of carbonyl (C=O) groups excluding carboxylic acids is 1. The molecule has 2 N–H and O–H groups in total. The summed E-state index contributed by atoms with van der Waals surface area (Å²) < 4.78 is 5.02. The van der Waals surface area contributed by atoms with Crippen LogP contribution in [0.4, 0.5) is 5.69 Å². The molecule has 0 aromatic heterocycles. The zero-order valence-electron chi connectivity index (χ0n) is 7.62. The summed E-state index contributed by atoms with van der Waals surface area (Å²) in [5.41, 5.74) is 6.12. The summed E-state index contributed by atoms with van der Waals surface area (Å²) in [4.78, 5) is 11.1. The van der Waals surface area contributed by atoms with Gasteiger partial charge in [0.2, 0.25) is 0 Å². The van der Waals surface area contributed by atoms with Gasteiger partial charge in [-0.1, -0.05) is 13.0 Å². The van der Waals surface area contributed by atoms with Crippen molar-refractivity contribution in [1.82, 2.24) is 0 Å². The van der Waals surface area contributed by atoms with E-state index >= 15 is 0 Å². The smallest absolute Gasteiger partial charge is 0.311 e. The summed E-state index contributed by atoms with van der Waals surface area (Å²) >= 11 is 0. The highest BCUT2D eigenvalue weighted by atomic mass is 16.5. The van der Waals surface area contributed by atoms with Crippen molar-refractivity contribution in [2.75, 3.05) is 5.73 Å². The Labute approximate surface area is 77.5 Å². The van der Waals surface area contributed by atoms with E-state index in [1.165, 1.54) is 0 Å². The lowest BCUT2D eigenvalue weighted by Crippen LogP contribution is -2.06. The number of hydrogen-bond acceptors (Lipinski definition) is 3. The fraction of sp³-hybridized carbons (Fsp3) is 0.300. The van der Waals surface area contributed by atoms with Crippen LogP contribution in [0, 0.1) is 0 Å². The number of carbonyl (C=O) groups is 1. The molecule has 0 saturated carbocycles. The summed E-state index contributed by atoms with van der Waals surface area (Å²) in [6.45, 7) is 1.93. The number of hydrogen-bond donors (Lipinski definition) is 1. The molecule has 0 spiro atoms. The summed E-state index contributed by atoms with van der Waals surface area (Å²) in [5.74, 6) is 0.298. The number of esters is 1. The minimum atomic E-state index is -0.215. The second kappa shape index (κ2) is 4.50. The van der Waals surface area contributed by atoms with Crippen LogP contribution >= 0.6 is 0 Å². The average molecular weight is 179 g/mol. The van der Waals surface area contributed by atoms with E-state index in [0.29, 0.717) is 17.9 Å². The van der Waals surface area contributed by atoms with Gasteiger partial charge < -0.3 is 10.5 Å². The number of benzene rings is 1. The third-order valence-electron chi connectivity index (χ3n) is 1.54. The van der Waals surface area contributed by atoms with Crippen LogP contribution in [0.3, 0.4) is 0 Å². The molecule has 70 valence electrons. The Morgan fingerprint density at radius 3 is 2.92 bits per heavy atom. The van der Waals surface area contributed by atoms with E-state index in [4.69, 9.17) is 10.5 Å². The molecule has 0 radical (unpaired) electrons. The molecule has 1 aromatic carbocycles. The molecule has 0 atom stereocenters. The highest BCUT2D eigenvalue weighted by Crippen LogP contribution is 2.14. The Morgan fingerprint density at radius 1 is 1.54 bits per heavy atom. The number of ether oxygens (including phenoxy) is 1. The van der Waals surface area contributed by atoms with Gasteiger partial charge in [-0.25, -0.2) is 0 Å². The Kier molecular flexibility index (Phi) is 3.31. The van der Waals surface area contributed by atoms with Crippen molar-refractivity contribution in [3.63, 3.8) is 0 Å². The van der Waals surface area contributed by atoms with E-state index in [-0.39, 0.29) is 5.97 Å². The van der Waals surface area contributed by atoms with Crippen molar-refractivity contribution < 1.29 is 9.53 Å². The lowest BCUT2D eigenvalue weighted by atomic mass is 10.3. The normalized spacial score (nSPS) is 9.62. The van der Waals surface area contributed by atoms with Crippen LogP contribution in [-0.4, -0.2) is 5.97 Å². The lowest BCUT2D eigenvalue weighted by molar-refractivity contribution is -0.134. The first kappa shape index (κ1) is 9.58. The molecule has 0 bridgehead atoms. The minimum absolute atomic E-state index is 0.215. The summed E-state index contributed by atoms with van der Waals surface area (Å²) in [7, 11) is 0. The van der Waals surface area contributed by atoms with E-state index < -0.39 is 0 Å². The fourth-order valence-corrected chi connectivity index (χ4v) is 0.965. The van der Waals surface area contributed by atoms with Crippen molar-refractivity contribution in [2.45, 2.75) is 19.8 Å². The standard InChI is InChI=1S/C10H13NO2/c1-2-4-10(12)13-9-6-3-5-8(11)7-9/h3,5-7H,2,4,11H2,1H3. The quantitative estimate of drug-likeness (QED) is 0.438. The van der Waals surface area contributed by atoms with Gasteiger partial charge in [0, 0.05) is 18.2 Å². The summed E-state index contributed by atoms with van der Waals surface area (Å²) in [6, 6.07) is 6.85. The molecule has 1 aromatic rings. The second-order valence-corrected chi connectivity index (χ2v) is 2.80. The van der Waals surface area contributed by atoms with Gasteiger partial charge in [-0.05, 0) is 18.6 Å². The van der Waals surface area contributed by atoms with Gasteiger partial charge in [-0.2, -0.15) is 0 Å². The predicted molar refractivity (Wildman–Crippen MR) is 51.4 cm³/mol. The van der Waals surface area contributed by atoms with Crippen LogP contribution in [0.1, 0.15) is 19.8 Å². The summed E-state index contributed by atoms with van der Waals surface area (Å²) in [6.07, 6.45) is 1.23. The van der Waals surface area contributed by atoms with E-state index in [9.17, 15) is 4.79 Å². The molecule has 3 heteroatoms. The first-order chi connectivity index (χ1) is 6.22. The minimum Gasteiger partial charge on any atom is -0.426 e. The first-order valence-corrected chi connectivity index (χ1v) is 4.28. The van der Waals surface area contributed by atoms with Crippen LogP contribution < -0.4 is 10.5 Å². The molecule has 0 aliphatic carbocycles. The van der Waals surface area contributed by atoms with Crippen molar-refractivity contribution >= 4 is 11.7 Å². The molecule has 0 amide bonds. The summed E-state index contributed by atoms with van der Waals surface area (Å²) in [5, 5.41) is 0. The molecule has 0 aliphatic rings. The molecule has 0 fully saturated rings. The van der Waals surface area contributed by atoms with Gasteiger partial charge >= 0.3 is 5.97 Å². The largest absolute Gasteiger partial charge is 0.426 e. The predicted octanol–water partition coefficient (Wildman–Crippen LogP) is 1.97. The maximum absolute atomic E-state index is 11.1. The van der Waals surface area contributed by atoms with Crippen LogP contribution in [0.2, 0.25) is 0 Å². The van der Waals surface area contributed by atoms with Crippen molar-refractivity contribution in [3.05, 3.63) is 24.3 Å². The zero-order chi connectivity index (χ0) is 9.68. The Hall–Kier alpha value is -1.51. The van der Waals surface area contributed by atoms with Gasteiger partial charge in [0.15, 0.2) is 0 Å². The van der Waals surface area contributed by atoms with Crippen LogP contribution in [0.5, 0.6) is 5.75 Å². The van der Waals surface area contributed by atoms with Gasteiger partial charge in [0.05, 0.1) is 0 Å². The van der Waals surface area contributed by atoms with E-state index in [2.05, 4.69) is 0 Å². The molecule has 0 saturated heterocycles. The zero-order valence-corrected chi connectivity index (χ0v) is 7.62. The van der Waals surface area contributed by atoms with Crippen molar-refractivity contribution in [1.29, 1.82) is 0 Å². The van der Waals surface area contributed by atoms with Crippen LogP contribution in [0.15, 0.2) is 24.3 Å². The van der Waals surface area contributed by atoms with Crippen molar-refractivity contribution in [2.24, 2.45) is 0 Å². The third-order valence-corrected chi connectivity index (χ3v) is 1.54. The van der Waals surface area contributed by atoms with Gasteiger partial charge in [-0.3, -0.25) is 4.79 Å². The number of nitrogen functional groups attached to an aromatic ring is 1. The topological polar surface area (TPSA) is 52.3 Å². The molecular formula is C10H13NO2. The number of rotatable bonds is 3. The van der Waals surface area contributed by atoms with Crippen molar-refractivity contribution in [3.8, 4) is 5.75 Å². The molecule has 3 nitrogen and oxygen atoms in total. The highest BCUT2D eigenvalue weighted by Gasteiger charge is 2.02. The molecule has 0 unspecified atom stereocenters. The van der Waals surface area contributed by atoms with Crippen LogP contribution in [-0.2, 0) is 4.79 Å². The Bertz CT molecular complexity index is 297. The van der Waals surface area contributed by atoms with E-state index in [1.54, 1.807) is 24.3 Å². The first-order valence-electron chi connectivity index (χ1n) is 4.28. The molecule has 1 rings (SSSR count). The second-order valence-electron chi connectivity index (χ2n) is 2.80. The molecule has 0 aliphatic heterocycles. The Balaban J connectivity index is 2.58. The average Bonchev–Trinajstić information content (AvgIpc) is 2.04. The SMILES string of the molecule is CCCC(=O)Oc1cccc(N)c1. The van der Waals surface area contributed by atoms with Crippen LogP contribution in [0.25, 0.3) is 0 Å². The molecular weight excluding hydrogens is 166 g/mol. The van der Waals surface area contributed by atoms with E-state index in [0.717, 1.165) is 6.42 Å². The fourth-order valence-electron chi connectivity index (χ4n) is 0.965. The maximum atomic E-state index is 11.1. The molecule has 13 heavy (non-hydrogen) atoms. The lowest BCUT2D eigenvalue weighted by Gasteiger charge is -2.03. The monoisotopic (exact) mass is 179 g/mol. The maximum Gasteiger partial charge on any atom is 0.311 e.